The molecule has 1 aromatic heterocycles. The summed E-state index contributed by atoms with van der Waals surface area (Å²) in [5, 5.41) is 3.45. The second-order valence-electron chi connectivity index (χ2n) is 7.23. The van der Waals surface area contributed by atoms with Crippen LogP contribution in [0.15, 0.2) is 42.7 Å². The van der Waals surface area contributed by atoms with Crippen molar-refractivity contribution in [1.29, 1.82) is 0 Å². The fourth-order valence-electron chi connectivity index (χ4n) is 3.98. The summed E-state index contributed by atoms with van der Waals surface area (Å²) in [4.78, 5) is 29.9. The van der Waals surface area contributed by atoms with E-state index in [1.807, 2.05) is 4.90 Å². The Morgan fingerprint density at radius 3 is 2.24 bits per heavy atom. The molecule has 0 saturated carbocycles. The maximum absolute atomic E-state index is 12.7. The Morgan fingerprint density at radius 1 is 0.920 bits per heavy atom. The molecule has 1 aromatic carbocycles. The van der Waals surface area contributed by atoms with Gasteiger partial charge in [0.05, 0.1) is 0 Å². The lowest BCUT2D eigenvalue weighted by Crippen LogP contribution is -2.44. The van der Waals surface area contributed by atoms with Crippen LogP contribution < -0.4 is 5.32 Å². The SMILES string of the molecule is O=C(c1ccc(C(=O)N2CCC3(CCNC3)CC2)cc1)c1cc[nH]c1. The van der Waals surface area contributed by atoms with Crippen LogP contribution in [0.2, 0.25) is 0 Å². The van der Waals surface area contributed by atoms with Gasteiger partial charge in [-0.3, -0.25) is 9.59 Å². The van der Waals surface area contributed by atoms with Crippen LogP contribution in [-0.2, 0) is 0 Å². The quantitative estimate of drug-likeness (QED) is 0.846. The average molecular weight is 337 g/mol. The average Bonchev–Trinajstić information content (AvgIpc) is 3.34. The van der Waals surface area contributed by atoms with E-state index in [-0.39, 0.29) is 11.7 Å². The van der Waals surface area contributed by atoms with Crippen molar-refractivity contribution in [2.45, 2.75) is 19.3 Å². The molecule has 0 bridgehead atoms. The highest BCUT2D eigenvalue weighted by Gasteiger charge is 2.38. The van der Waals surface area contributed by atoms with E-state index in [1.54, 1.807) is 42.7 Å². The van der Waals surface area contributed by atoms with Crippen molar-refractivity contribution >= 4 is 11.7 Å². The number of amides is 1. The third-order valence-electron chi connectivity index (χ3n) is 5.70. The van der Waals surface area contributed by atoms with Crippen LogP contribution in [-0.4, -0.2) is 47.8 Å². The summed E-state index contributed by atoms with van der Waals surface area (Å²) in [6, 6.07) is 8.78. The van der Waals surface area contributed by atoms with Gasteiger partial charge in [-0.05, 0) is 49.4 Å². The number of nitrogens with one attached hydrogen (secondary N) is 2. The molecule has 2 saturated heterocycles. The second-order valence-corrected chi connectivity index (χ2v) is 7.23. The molecule has 2 fully saturated rings. The molecule has 2 N–H and O–H groups in total. The molecule has 4 rings (SSSR count). The van der Waals surface area contributed by atoms with Gasteiger partial charge in [0.1, 0.15) is 0 Å². The number of carbonyl (C=O) groups is 2. The van der Waals surface area contributed by atoms with Gasteiger partial charge in [-0.15, -0.1) is 0 Å². The minimum Gasteiger partial charge on any atom is -0.367 e. The van der Waals surface area contributed by atoms with Gasteiger partial charge in [0.2, 0.25) is 0 Å². The summed E-state index contributed by atoms with van der Waals surface area (Å²) >= 11 is 0. The molecule has 2 aromatic rings. The standard InChI is InChI=1S/C20H23N3O2/c24-18(17-5-9-21-13-17)15-1-3-16(4-2-15)19(25)23-11-7-20(8-12-23)6-10-22-14-20/h1-5,9,13,21-22H,6-8,10-12,14H2. The van der Waals surface area contributed by atoms with Crippen LogP contribution in [0.4, 0.5) is 0 Å². The van der Waals surface area contributed by atoms with Gasteiger partial charge in [-0.1, -0.05) is 12.1 Å². The van der Waals surface area contributed by atoms with E-state index in [4.69, 9.17) is 0 Å². The Hall–Kier alpha value is -2.40. The lowest BCUT2D eigenvalue weighted by molar-refractivity contribution is 0.0607. The van der Waals surface area contributed by atoms with Crippen LogP contribution in [0.1, 0.15) is 45.5 Å². The molecule has 130 valence electrons. The Kier molecular flexibility index (Phi) is 4.17. The van der Waals surface area contributed by atoms with Gasteiger partial charge >= 0.3 is 0 Å². The third kappa shape index (κ3) is 3.12. The monoisotopic (exact) mass is 337 g/mol. The smallest absolute Gasteiger partial charge is 0.253 e. The number of rotatable bonds is 3. The molecule has 5 nitrogen and oxygen atoms in total. The van der Waals surface area contributed by atoms with Gasteiger partial charge in [-0.2, -0.15) is 0 Å². The molecule has 0 radical (unpaired) electrons. The number of piperidine rings is 1. The second kappa shape index (κ2) is 6.48. The number of nitrogens with zero attached hydrogens (tertiary/aromatic N) is 1. The van der Waals surface area contributed by atoms with E-state index in [1.165, 1.54) is 6.42 Å². The summed E-state index contributed by atoms with van der Waals surface area (Å²) in [5.74, 6) is 0.0374. The zero-order valence-corrected chi connectivity index (χ0v) is 14.3. The van der Waals surface area contributed by atoms with Crippen LogP contribution in [0, 0.1) is 5.41 Å². The van der Waals surface area contributed by atoms with E-state index in [0.717, 1.165) is 39.0 Å². The summed E-state index contributed by atoms with van der Waals surface area (Å²) in [6.45, 7) is 3.84. The summed E-state index contributed by atoms with van der Waals surface area (Å²) in [7, 11) is 0. The fraction of sp³-hybridized carbons (Fsp3) is 0.400. The van der Waals surface area contributed by atoms with Crippen LogP contribution in [0.3, 0.4) is 0 Å². The normalized spacial score (nSPS) is 19.3. The molecular weight excluding hydrogens is 314 g/mol. The molecule has 25 heavy (non-hydrogen) atoms. The maximum atomic E-state index is 12.7. The number of benzene rings is 1. The van der Waals surface area contributed by atoms with Crippen LogP contribution in [0.25, 0.3) is 0 Å². The first-order valence-corrected chi connectivity index (χ1v) is 8.95. The molecule has 0 unspecified atom stereocenters. The van der Waals surface area contributed by atoms with E-state index in [0.29, 0.717) is 22.1 Å². The molecule has 1 amide bonds. The molecule has 0 atom stereocenters. The van der Waals surface area contributed by atoms with Crippen molar-refractivity contribution in [2.24, 2.45) is 5.41 Å². The fourth-order valence-corrected chi connectivity index (χ4v) is 3.98. The molecular formula is C20H23N3O2. The van der Waals surface area contributed by atoms with Gasteiger partial charge in [0.15, 0.2) is 5.78 Å². The molecule has 2 aliphatic rings. The van der Waals surface area contributed by atoms with E-state index in [2.05, 4.69) is 10.3 Å². The van der Waals surface area contributed by atoms with Crippen molar-refractivity contribution in [3.63, 3.8) is 0 Å². The zero-order chi connectivity index (χ0) is 17.3. The Morgan fingerprint density at radius 2 is 1.64 bits per heavy atom. The third-order valence-corrected chi connectivity index (χ3v) is 5.70. The van der Waals surface area contributed by atoms with Crippen molar-refractivity contribution in [3.05, 3.63) is 59.4 Å². The van der Waals surface area contributed by atoms with E-state index >= 15 is 0 Å². The number of aromatic amines is 1. The van der Waals surface area contributed by atoms with Crippen molar-refractivity contribution in [3.8, 4) is 0 Å². The highest BCUT2D eigenvalue weighted by atomic mass is 16.2. The lowest BCUT2D eigenvalue weighted by Gasteiger charge is -2.38. The molecule has 5 heteroatoms. The van der Waals surface area contributed by atoms with Crippen molar-refractivity contribution in [1.82, 2.24) is 15.2 Å². The van der Waals surface area contributed by atoms with Crippen molar-refractivity contribution < 1.29 is 9.59 Å². The lowest BCUT2D eigenvalue weighted by atomic mass is 9.78. The van der Waals surface area contributed by atoms with Gasteiger partial charge < -0.3 is 15.2 Å². The summed E-state index contributed by atoms with van der Waals surface area (Å²) < 4.78 is 0. The minimum absolute atomic E-state index is 0.0334. The van der Waals surface area contributed by atoms with Gasteiger partial charge in [0, 0.05) is 48.7 Å². The zero-order valence-electron chi connectivity index (χ0n) is 14.3. The Balaban J connectivity index is 1.42. The molecule has 3 heterocycles. The molecule has 0 aliphatic carbocycles. The Labute approximate surface area is 147 Å². The summed E-state index contributed by atoms with van der Waals surface area (Å²) in [6.07, 6.45) is 6.80. The summed E-state index contributed by atoms with van der Waals surface area (Å²) in [5.41, 5.74) is 2.30. The first-order chi connectivity index (χ1) is 12.2. The predicted octanol–water partition coefficient (Wildman–Crippen LogP) is 2.46. The first-order valence-electron chi connectivity index (χ1n) is 8.95. The molecule has 1 spiro atoms. The number of likely N-dealkylation sites (tertiary alicyclic amines) is 1. The van der Waals surface area contributed by atoms with Gasteiger partial charge in [0.25, 0.3) is 5.91 Å². The largest absolute Gasteiger partial charge is 0.367 e. The number of ketones is 1. The first kappa shape index (κ1) is 16.1. The van der Waals surface area contributed by atoms with Crippen LogP contribution in [0.5, 0.6) is 0 Å². The molecule has 2 aliphatic heterocycles. The number of hydrogen-bond donors (Lipinski definition) is 2. The minimum atomic E-state index is -0.0334. The van der Waals surface area contributed by atoms with Crippen LogP contribution >= 0.6 is 0 Å². The predicted molar refractivity (Wildman–Crippen MR) is 95.7 cm³/mol. The highest BCUT2D eigenvalue weighted by Crippen LogP contribution is 2.37. The number of carbonyl (C=O) groups excluding carboxylic acids is 2. The van der Waals surface area contributed by atoms with E-state index in [9.17, 15) is 9.59 Å². The number of aromatic nitrogens is 1. The maximum Gasteiger partial charge on any atom is 0.253 e. The topological polar surface area (TPSA) is 65.2 Å². The number of H-pyrrole nitrogens is 1. The number of hydrogen-bond acceptors (Lipinski definition) is 3. The van der Waals surface area contributed by atoms with E-state index < -0.39 is 0 Å². The highest BCUT2D eigenvalue weighted by molar-refractivity contribution is 6.09. The van der Waals surface area contributed by atoms with Crippen molar-refractivity contribution in [2.75, 3.05) is 26.2 Å². The van der Waals surface area contributed by atoms with Gasteiger partial charge in [-0.25, -0.2) is 0 Å². The Bertz CT molecular complexity index is 749.